The number of benzene rings is 1. The number of likely N-dealkylation sites (tertiary alicyclic amines) is 1. The van der Waals surface area contributed by atoms with Crippen LogP contribution in [-0.4, -0.2) is 67.9 Å². The van der Waals surface area contributed by atoms with Crippen molar-refractivity contribution < 1.29 is 41.8 Å². The molecule has 0 radical (unpaired) electrons. The van der Waals surface area contributed by atoms with Crippen LogP contribution in [-0.2, 0) is 19.1 Å². The summed E-state index contributed by atoms with van der Waals surface area (Å²) in [6.07, 6.45) is -6.62. The highest BCUT2D eigenvalue weighted by Crippen LogP contribution is 2.37. The molecule has 2 amide bonds. The first-order valence-corrected chi connectivity index (χ1v) is 9.07. The van der Waals surface area contributed by atoms with Crippen molar-refractivity contribution >= 4 is 23.5 Å². The Hall–Kier alpha value is -3.02. The first-order valence-electron chi connectivity index (χ1n) is 9.07. The SMILES string of the molecule is COc1ccc2c(c1)N(CCN1CCC(N)CC1=O)C(=O)C(OC(=O)C(F)(F)F)O2. The number of anilines is 1. The molecule has 9 nitrogen and oxygen atoms in total. The number of carbonyl (C=O) groups excluding carboxylic acids is 3. The van der Waals surface area contributed by atoms with Crippen molar-refractivity contribution in [2.24, 2.45) is 5.73 Å². The van der Waals surface area contributed by atoms with E-state index in [9.17, 15) is 27.6 Å². The summed E-state index contributed by atoms with van der Waals surface area (Å²) in [4.78, 5) is 38.7. The van der Waals surface area contributed by atoms with E-state index in [4.69, 9.17) is 15.2 Å². The molecule has 0 aliphatic carbocycles. The van der Waals surface area contributed by atoms with Crippen LogP contribution in [0.5, 0.6) is 11.5 Å². The zero-order valence-corrected chi connectivity index (χ0v) is 16.0. The van der Waals surface area contributed by atoms with Crippen molar-refractivity contribution in [1.29, 1.82) is 0 Å². The summed E-state index contributed by atoms with van der Waals surface area (Å²) in [5, 5.41) is 0. The van der Waals surface area contributed by atoms with Gasteiger partial charge in [-0.05, 0) is 18.6 Å². The van der Waals surface area contributed by atoms with Crippen LogP contribution in [0.2, 0.25) is 0 Å². The number of nitrogens with zero attached hydrogens (tertiary/aromatic N) is 2. The number of nitrogens with two attached hydrogens (primary N) is 1. The number of alkyl halides is 3. The van der Waals surface area contributed by atoms with Crippen LogP contribution >= 0.6 is 0 Å². The minimum absolute atomic E-state index is 0.0300. The molecule has 2 aliphatic heterocycles. The number of fused-ring (bicyclic) bond motifs is 1. The molecule has 1 saturated heterocycles. The Morgan fingerprint density at radius 1 is 1.30 bits per heavy atom. The summed E-state index contributed by atoms with van der Waals surface area (Å²) in [5.74, 6) is -3.32. The van der Waals surface area contributed by atoms with Crippen molar-refractivity contribution in [3.63, 3.8) is 0 Å². The normalized spacial score (nSPS) is 21.8. The van der Waals surface area contributed by atoms with Gasteiger partial charge in [0.25, 0.3) is 0 Å². The topological polar surface area (TPSA) is 111 Å². The third-order valence-corrected chi connectivity index (χ3v) is 4.76. The molecule has 0 aromatic heterocycles. The number of hydrogen-bond donors (Lipinski definition) is 1. The van der Waals surface area contributed by atoms with Gasteiger partial charge in [-0.15, -0.1) is 0 Å². The molecule has 2 N–H and O–H groups in total. The lowest BCUT2D eigenvalue weighted by atomic mass is 10.1. The van der Waals surface area contributed by atoms with E-state index < -0.39 is 24.3 Å². The molecule has 164 valence electrons. The number of methoxy groups -OCH3 is 1. The molecule has 2 atom stereocenters. The summed E-state index contributed by atoms with van der Waals surface area (Å²) < 4.78 is 52.2. The standard InChI is InChI=1S/C18H20F3N3O6/c1-28-11-2-3-13-12(9-11)24(7-6-23-5-4-10(22)8-14(23)25)15(26)16(29-13)30-17(27)18(19,20)21/h2-3,9-10,16H,4-8,22H2,1H3. The van der Waals surface area contributed by atoms with Crippen molar-refractivity contribution in [3.8, 4) is 11.5 Å². The Labute approximate surface area is 169 Å². The van der Waals surface area contributed by atoms with E-state index in [1.165, 1.54) is 30.2 Å². The number of carbonyl (C=O) groups is 3. The van der Waals surface area contributed by atoms with Gasteiger partial charge in [0.05, 0.1) is 12.8 Å². The largest absolute Gasteiger partial charge is 0.497 e. The molecule has 3 rings (SSSR count). The maximum absolute atomic E-state index is 12.7. The van der Waals surface area contributed by atoms with Crippen molar-refractivity contribution in [2.45, 2.75) is 31.3 Å². The summed E-state index contributed by atoms with van der Waals surface area (Å²) >= 11 is 0. The Morgan fingerprint density at radius 2 is 2.03 bits per heavy atom. The fourth-order valence-corrected chi connectivity index (χ4v) is 3.17. The van der Waals surface area contributed by atoms with Crippen molar-refractivity contribution in [1.82, 2.24) is 4.90 Å². The van der Waals surface area contributed by atoms with Gasteiger partial charge in [0, 0.05) is 38.2 Å². The minimum Gasteiger partial charge on any atom is -0.497 e. The predicted molar refractivity (Wildman–Crippen MR) is 95.7 cm³/mol. The maximum atomic E-state index is 12.7. The van der Waals surface area contributed by atoms with Gasteiger partial charge in [-0.3, -0.25) is 9.59 Å². The number of piperidine rings is 1. The molecule has 2 heterocycles. The number of hydrogen-bond acceptors (Lipinski definition) is 7. The zero-order chi connectivity index (χ0) is 22.1. The fourth-order valence-electron chi connectivity index (χ4n) is 3.17. The number of amides is 2. The quantitative estimate of drug-likeness (QED) is 0.687. The van der Waals surface area contributed by atoms with E-state index >= 15 is 0 Å². The van der Waals surface area contributed by atoms with Crippen LogP contribution in [0.4, 0.5) is 18.9 Å². The number of esters is 1. The number of rotatable bonds is 5. The second-order valence-corrected chi connectivity index (χ2v) is 6.81. The minimum atomic E-state index is -5.28. The van der Waals surface area contributed by atoms with Crippen LogP contribution in [0, 0.1) is 0 Å². The summed E-state index contributed by atoms with van der Waals surface area (Å²) in [5.41, 5.74) is 5.98. The highest BCUT2D eigenvalue weighted by molar-refractivity contribution is 6.00. The van der Waals surface area contributed by atoms with E-state index in [1.807, 2.05) is 0 Å². The van der Waals surface area contributed by atoms with Gasteiger partial charge in [-0.25, -0.2) is 4.79 Å². The molecule has 0 saturated carbocycles. The smallest absolute Gasteiger partial charge is 0.491 e. The average molecular weight is 431 g/mol. The van der Waals surface area contributed by atoms with Gasteiger partial charge in [-0.2, -0.15) is 13.2 Å². The van der Waals surface area contributed by atoms with Gasteiger partial charge in [0.1, 0.15) is 11.5 Å². The van der Waals surface area contributed by atoms with E-state index in [0.29, 0.717) is 18.7 Å². The van der Waals surface area contributed by atoms with Gasteiger partial charge in [0.15, 0.2) is 0 Å². The Balaban J connectivity index is 1.82. The third-order valence-electron chi connectivity index (χ3n) is 4.76. The lowest BCUT2D eigenvalue weighted by Crippen LogP contribution is -2.52. The van der Waals surface area contributed by atoms with Crippen LogP contribution in [0.3, 0.4) is 0 Å². The molecular formula is C18H20F3N3O6. The molecule has 2 unspecified atom stereocenters. The van der Waals surface area contributed by atoms with E-state index in [0.717, 1.165) is 4.90 Å². The monoisotopic (exact) mass is 431 g/mol. The molecule has 2 aliphatic rings. The Morgan fingerprint density at radius 3 is 2.67 bits per heavy atom. The van der Waals surface area contributed by atoms with Crippen LogP contribution in [0.15, 0.2) is 18.2 Å². The lowest BCUT2D eigenvalue weighted by molar-refractivity contribution is -0.216. The third kappa shape index (κ3) is 4.58. The first-order chi connectivity index (χ1) is 14.1. The molecule has 0 bridgehead atoms. The lowest BCUT2D eigenvalue weighted by Gasteiger charge is -2.36. The second-order valence-electron chi connectivity index (χ2n) is 6.81. The Kier molecular flexibility index (Phi) is 6.06. The summed E-state index contributed by atoms with van der Waals surface area (Å²) in [6, 6.07) is 4.09. The van der Waals surface area contributed by atoms with Crippen molar-refractivity contribution in [2.75, 3.05) is 31.6 Å². The number of ether oxygens (including phenoxy) is 3. The van der Waals surface area contributed by atoms with Crippen LogP contribution in [0.25, 0.3) is 0 Å². The van der Waals surface area contributed by atoms with Gasteiger partial charge >= 0.3 is 24.3 Å². The second kappa shape index (κ2) is 8.38. The van der Waals surface area contributed by atoms with Gasteiger partial charge in [-0.1, -0.05) is 0 Å². The molecular weight excluding hydrogens is 411 g/mol. The summed E-state index contributed by atoms with van der Waals surface area (Å²) in [6.45, 7) is 0.466. The number of halogens is 3. The molecule has 0 spiro atoms. The Bertz CT molecular complexity index is 847. The highest BCUT2D eigenvalue weighted by atomic mass is 19.4. The predicted octanol–water partition coefficient (Wildman–Crippen LogP) is 0.802. The van der Waals surface area contributed by atoms with E-state index in [1.54, 1.807) is 0 Å². The van der Waals surface area contributed by atoms with Crippen LogP contribution < -0.4 is 20.1 Å². The fraction of sp³-hybridized carbons (Fsp3) is 0.500. The molecule has 1 fully saturated rings. The highest BCUT2D eigenvalue weighted by Gasteiger charge is 2.46. The summed E-state index contributed by atoms with van der Waals surface area (Å²) in [7, 11) is 1.40. The van der Waals surface area contributed by atoms with Gasteiger partial charge < -0.3 is 29.7 Å². The van der Waals surface area contributed by atoms with Gasteiger partial charge in [0.2, 0.25) is 5.91 Å². The molecule has 1 aromatic carbocycles. The molecule has 1 aromatic rings. The van der Waals surface area contributed by atoms with Crippen LogP contribution in [0.1, 0.15) is 12.8 Å². The zero-order valence-electron chi connectivity index (χ0n) is 16.0. The molecule has 30 heavy (non-hydrogen) atoms. The van der Waals surface area contributed by atoms with E-state index in [2.05, 4.69) is 4.74 Å². The van der Waals surface area contributed by atoms with E-state index in [-0.39, 0.29) is 42.9 Å². The molecule has 12 heteroatoms. The first kappa shape index (κ1) is 21.7. The van der Waals surface area contributed by atoms with Crippen molar-refractivity contribution in [3.05, 3.63) is 18.2 Å². The average Bonchev–Trinajstić information content (AvgIpc) is 2.68. The maximum Gasteiger partial charge on any atom is 0.491 e.